The molecule has 0 atom stereocenters. The van der Waals surface area contributed by atoms with Gasteiger partial charge < -0.3 is 0 Å². The lowest BCUT2D eigenvalue weighted by Gasteiger charge is -2.07. The van der Waals surface area contributed by atoms with E-state index in [1.165, 1.54) is 53.6 Å². The summed E-state index contributed by atoms with van der Waals surface area (Å²) in [5.74, 6) is 0. The summed E-state index contributed by atoms with van der Waals surface area (Å²) < 4.78 is 2.70. The first-order valence-corrected chi connectivity index (χ1v) is 10.3. The van der Waals surface area contributed by atoms with Crippen molar-refractivity contribution in [3.05, 3.63) is 95.0 Å². The lowest BCUT2D eigenvalue weighted by molar-refractivity contribution is 1.26. The van der Waals surface area contributed by atoms with Crippen molar-refractivity contribution >= 4 is 43.1 Å². The number of fused-ring (bicyclic) bond motifs is 6. The van der Waals surface area contributed by atoms with E-state index in [9.17, 15) is 0 Å². The van der Waals surface area contributed by atoms with Crippen molar-refractivity contribution in [2.24, 2.45) is 0 Å². The topological polar surface area (TPSA) is 0 Å². The average Bonchev–Trinajstić information content (AvgIpc) is 3.24. The molecule has 0 saturated carbocycles. The molecule has 0 N–H and O–H groups in total. The van der Waals surface area contributed by atoms with Crippen LogP contribution in [-0.4, -0.2) is 0 Å². The molecule has 0 radical (unpaired) electrons. The molecule has 0 unspecified atom stereocenters. The van der Waals surface area contributed by atoms with Gasteiger partial charge in [-0.3, -0.25) is 0 Å². The molecule has 0 saturated heterocycles. The first-order valence-electron chi connectivity index (χ1n) is 9.10. The third kappa shape index (κ3) is 2.36. The molecule has 1 heterocycles. The van der Waals surface area contributed by atoms with Crippen molar-refractivity contribution in [2.45, 2.75) is 6.42 Å². The zero-order chi connectivity index (χ0) is 18.0. The Morgan fingerprint density at radius 3 is 2.41 bits per heavy atom. The smallest absolute Gasteiger partial charge is 0.0409 e. The molecule has 0 nitrogen and oxygen atoms in total. The maximum absolute atomic E-state index is 6.19. The summed E-state index contributed by atoms with van der Waals surface area (Å²) in [5.41, 5.74) is 7.92. The Balaban J connectivity index is 1.53. The zero-order valence-electron chi connectivity index (χ0n) is 14.5. The van der Waals surface area contributed by atoms with Gasteiger partial charge in [0.15, 0.2) is 0 Å². The highest BCUT2D eigenvalue weighted by atomic mass is 35.5. The molecule has 4 aromatic carbocycles. The number of halogens is 1. The van der Waals surface area contributed by atoms with E-state index in [2.05, 4.69) is 72.8 Å². The van der Waals surface area contributed by atoms with Gasteiger partial charge in [-0.15, -0.1) is 11.3 Å². The lowest BCUT2D eigenvalue weighted by atomic mass is 9.97. The van der Waals surface area contributed by atoms with Crippen molar-refractivity contribution in [1.29, 1.82) is 0 Å². The number of hydrogen-bond acceptors (Lipinski definition) is 1. The molecule has 0 amide bonds. The van der Waals surface area contributed by atoms with Crippen LogP contribution in [0.15, 0.2) is 78.9 Å². The average molecular weight is 383 g/mol. The van der Waals surface area contributed by atoms with Crippen molar-refractivity contribution in [3.8, 4) is 22.3 Å². The third-order valence-corrected chi connectivity index (χ3v) is 6.95. The fourth-order valence-electron chi connectivity index (χ4n) is 4.24. The monoisotopic (exact) mass is 382 g/mol. The van der Waals surface area contributed by atoms with Crippen molar-refractivity contribution < 1.29 is 0 Å². The highest BCUT2D eigenvalue weighted by molar-refractivity contribution is 7.25. The molecule has 1 aliphatic carbocycles. The van der Waals surface area contributed by atoms with Crippen LogP contribution in [0, 0.1) is 0 Å². The van der Waals surface area contributed by atoms with Crippen LogP contribution in [-0.2, 0) is 6.42 Å². The molecule has 0 fully saturated rings. The summed E-state index contributed by atoms with van der Waals surface area (Å²) in [6, 6.07) is 28.6. The van der Waals surface area contributed by atoms with Gasteiger partial charge in [-0.2, -0.15) is 0 Å². The Morgan fingerprint density at radius 2 is 1.44 bits per heavy atom. The summed E-state index contributed by atoms with van der Waals surface area (Å²) in [7, 11) is 0. The molecule has 0 aliphatic heterocycles. The van der Waals surface area contributed by atoms with Crippen LogP contribution in [0.1, 0.15) is 11.1 Å². The predicted molar refractivity (Wildman–Crippen MR) is 118 cm³/mol. The molecule has 0 bridgehead atoms. The summed E-state index contributed by atoms with van der Waals surface area (Å²) in [6.45, 7) is 0. The molecule has 27 heavy (non-hydrogen) atoms. The number of benzene rings is 4. The number of rotatable bonds is 1. The largest absolute Gasteiger partial charge is 0.135 e. The molecular formula is C25H15ClS. The quantitative estimate of drug-likeness (QED) is 0.270. The highest BCUT2D eigenvalue weighted by Crippen LogP contribution is 2.41. The van der Waals surface area contributed by atoms with E-state index in [0.29, 0.717) is 0 Å². The Morgan fingerprint density at radius 1 is 0.630 bits per heavy atom. The summed E-state index contributed by atoms with van der Waals surface area (Å²) in [6.07, 6.45) is 0.972. The van der Waals surface area contributed by atoms with E-state index < -0.39 is 0 Å². The third-order valence-electron chi connectivity index (χ3n) is 5.56. The van der Waals surface area contributed by atoms with Crippen LogP contribution in [0.4, 0.5) is 0 Å². The predicted octanol–water partition coefficient (Wildman–Crippen LogP) is 7.95. The van der Waals surface area contributed by atoms with Crippen LogP contribution in [0.5, 0.6) is 0 Å². The maximum atomic E-state index is 6.19. The fourth-order valence-corrected chi connectivity index (χ4v) is 5.52. The summed E-state index contributed by atoms with van der Waals surface area (Å²) >= 11 is 8.05. The minimum Gasteiger partial charge on any atom is -0.135 e. The Labute approximate surface area is 166 Å². The maximum Gasteiger partial charge on any atom is 0.0409 e. The van der Waals surface area contributed by atoms with Crippen LogP contribution >= 0.6 is 22.9 Å². The van der Waals surface area contributed by atoms with Gasteiger partial charge in [-0.1, -0.05) is 54.1 Å². The van der Waals surface area contributed by atoms with Gasteiger partial charge in [0.2, 0.25) is 0 Å². The van der Waals surface area contributed by atoms with Crippen LogP contribution < -0.4 is 0 Å². The molecule has 0 spiro atoms. The van der Waals surface area contributed by atoms with E-state index >= 15 is 0 Å². The standard InChI is InChI=1S/C25H15ClS/c26-19-8-9-20-18(12-19)11-17-6-5-15(13-22(17)20)16-7-10-25-23(14-16)21-3-1-2-4-24(21)27-25/h1-10,12-14H,11H2. The van der Waals surface area contributed by atoms with Crippen molar-refractivity contribution in [1.82, 2.24) is 0 Å². The van der Waals surface area contributed by atoms with Gasteiger partial charge in [0.1, 0.15) is 0 Å². The lowest BCUT2D eigenvalue weighted by Crippen LogP contribution is -1.83. The second-order valence-corrected chi connectivity index (χ2v) is 8.68. The molecule has 1 aromatic heterocycles. The Hall–Kier alpha value is -2.61. The second kappa shape index (κ2) is 5.69. The fraction of sp³-hybridized carbons (Fsp3) is 0.0400. The molecule has 128 valence electrons. The molecule has 6 rings (SSSR count). The molecule has 1 aliphatic rings. The van der Waals surface area contributed by atoms with E-state index in [-0.39, 0.29) is 0 Å². The highest BCUT2D eigenvalue weighted by Gasteiger charge is 2.19. The van der Waals surface area contributed by atoms with Crippen LogP contribution in [0.3, 0.4) is 0 Å². The molecule has 2 heteroatoms. The van der Waals surface area contributed by atoms with Gasteiger partial charge in [0.05, 0.1) is 0 Å². The molecular weight excluding hydrogens is 368 g/mol. The normalized spacial score (nSPS) is 12.5. The zero-order valence-corrected chi connectivity index (χ0v) is 16.1. The van der Waals surface area contributed by atoms with Gasteiger partial charge in [-0.25, -0.2) is 0 Å². The van der Waals surface area contributed by atoms with Crippen LogP contribution in [0.2, 0.25) is 5.02 Å². The SMILES string of the molecule is Clc1ccc2c(c1)Cc1ccc(-c3ccc4sc5ccccc5c4c3)cc1-2. The van der Waals surface area contributed by atoms with Gasteiger partial charge in [0, 0.05) is 25.2 Å². The van der Waals surface area contributed by atoms with E-state index in [0.717, 1.165) is 11.4 Å². The minimum atomic E-state index is 0.816. The van der Waals surface area contributed by atoms with Gasteiger partial charge in [-0.05, 0) is 76.2 Å². The number of thiophene rings is 1. The van der Waals surface area contributed by atoms with Crippen molar-refractivity contribution in [2.75, 3.05) is 0 Å². The van der Waals surface area contributed by atoms with E-state index in [1.54, 1.807) is 0 Å². The second-order valence-electron chi connectivity index (χ2n) is 7.16. The van der Waals surface area contributed by atoms with Crippen molar-refractivity contribution in [3.63, 3.8) is 0 Å². The van der Waals surface area contributed by atoms with Crippen LogP contribution in [0.25, 0.3) is 42.4 Å². The van der Waals surface area contributed by atoms with E-state index in [1.807, 2.05) is 17.4 Å². The first kappa shape index (κ1) is 15.4. The Kier molecular flexibility index (Phi) is 3.26. The first-order chi connectivity index (χ1) is 13.3. The number of hydrogen-bond donors (Lipinski definition) is 0. The Bertz CT molecular complexity index is 1360. The van der Waals surface area contributed by atoms with Gasteiger partial charge >= 0.3 is 0 Å². The minimum absolute atomic E-state index is 0.816. The van der Waals surface area contributed by atoms with Gasteiger partial charge in [0.25, 0.3) is 0 Å². The summed E-state index contributed by atoms with van der Waals surface area (Å²) in [4.78, 5) is 0. The van der Waals surface area contributed by atoms with E-state index in [4.69, 9.17) is 11.6 Å². The summed E-state index contributed by atoms with van der Waals surface area (Å²) in [5, 5.41) is 3.51. The molecule has 5 aromatic rings.